The molecule has 2 aromatic carbocycles. The molecule has 1 amide bonds. The number of rotatable bonds is 5. The van der Waals surface area contributed by atoms with E-state index in [4.69, 9.17) is 0 Å². The zero-order valence-electron chi connectivity index (χ0n) is 14.1. The summed E-state index contributed by atoms with van der Waals surface area (Å²) in [5.74, 6) is -1.60. The lowest BCUT2D eigenvalue weighted by molar-refractivity contribution is 0.102. The van der Waals surface area contributed by atoms with Gasteiger partial charge in [0.2, 0.25) is 0 Å². The molecule has 0 bridgehead atoms. The molecule has 0 aliphatic heterocycles. The molecular formula is C20H17F2N3O. The van der Waals surface area contributed by atoms with Crippen LogP contribution in [0.25, 0.3) is 0 Å². The average molecular weight is 353 g/mol. The molecule has 0 saturated heterocycles. The zero-order valence-corrected chi connectivity index (χ0v) is 14.1. The number of amides is 1. The first-order valence-electron chi connectivity index (χ1n) is 8.01. The van der Waals surface area contributed by atoms with Gasteiger partial charge in [-0.15, -0.1) is 0 Å². The fourth-order valence-electron chi connectivity index (χ4n) is 2.49. The fourth-order valence-corrected chi connectivity index (χ4v) is 2.49. The highest BCUT2D eigenvalue weighted by Crippen LogP contribution is 2.19. The summed E-state index contributed by atoms with van der Waals surface area (Å²) < 4.78 is 27.3. The number of para-hydroxylation sites is 1. The minimum Gasteiger partial charge on any atom is -0.355 e. The van der Waals surface area contributed by atoms with E-state index in [1.54, 1.807) is 12.1 Å². The van der Waals surface area contributed by atoms with Gasteiger partial charge < -0.3 is 10.2 Å². The Morgan fingerprint density at radius 2 is 1.69 bits per heavy atom. The van der Waals surface area contributed by atoms with Gasteiger partial charge >= 0.3 is 0 Å². The minimum atomic E-state index is -0.828. The van der Waals surface area contributed by atoms with E-state index in [0.717, 1.165) is 17.7 Å². The Morgan fingerprint density at radius 3 is 2.31 bits per heavy atom. The molecular weight excluding hydrogens is 336 g/mol. The van der Waals surface area contributed by atoms with Crippen LogP contribution in [0.2, 0.25) is 0 Å². The molecule has 1 heterocycles. The van der Waals surface area contributed by atoms with Crippen molar-refractivity contribution in [1.82, 2.24) is 4.98 Å². The SMILES string of the molecule is CN(Cc1ccccc1)c1ccc(C(=O)Nc2c(F)cccc2F)cn1. The summed E-state index contributed by atoms with van der Waals surface area (Å²) in [5, 5.41) is 2.24. The van der Waals surface area contributed by atoms with Gasteiger partial charge in [-0.3, -0.25) is 4.79 Å². The number of benzene rings is 2. The molecule has 0 aliphatic rings. The first kappa shape index (κ1) is 17.5. The van der Waals surface area contributed by atoms with E-state index in [9.17, 15) is 13.6 Å². The maximum Gasteiger partial charge on any atom is 0.257 e. The molecule has 1 N–H and O–H groups in total. The predicted octanol–water partition coefficient (Wildman–Crippen LogP) is 4.25. The Hall–Kier alpha value is -3.28. The molecule has 26 heavy (non-hydrogen) atoms. The second-order valence-electron chi connectivity index (χ2n) is 5.80. The van der Waals surface area contributed by atoms with Gasteiger partial charge in [-0.1, -0.05) is 36.4 Å². The van der Waals surface area contributed by atoms with Crippen LogP contribution in [0, 0.1) is 11.6 Å². The first-order chi connectivity index (χ1) is 12.5. The summed E-state index contributed by atoms with van der Waals surface area (Å²) >= 11 is 0. The Labute approximate surface area is 150 Å². The molecule has 0 saturated carbocycles. The van der Waals surface area contributed by atoms with Crippen molar-refractivity contribution in [3.63, 3.8) is 0 Å². The van der Waals surface area contributed by atoms with E-state index in [0.29, 0.717) is 12.4 Å². The third-order valence-electron chi connectivity index (χ3n) is 3.87. The quantitative estimate of drug-likeness (QED) is 0.746. The zero-order chi connectivity index (χ0) is 18.5. The van der Waals surface area contributed by atoms with Gasteiger partial charge in [0.05, 0.1) is 5.56 Å². The van der Waals surface area contributed by atoms with E-state index in [1.807, 2.05) is 42.3 Å². The van der Waals surface area contributed by atoms with Crippen LogP contribution in [0.5, 0.6) is 0 Å². The molecule has 6 heteroatoms. The van der Waals surface area contributed by atoms with Crippen molar-refractivity contribution in [3.05, 3.63) is 89.6 Å². The Balaban J connectivity index is 1.70. The number of pyridine rings is 1. The minimum absolute atomic E-state index is 0.213. The van der Waals surface area contributed by atoms with Gasteiger partial charge in [0.25, 0.3) is 5.91 Å². The monoisotopic (exact) mass is 353 g/mol. The van der Waals surface area contributed by atoms with Gasteiger partial charge in [0.1, 0.15) is 23.1 Å². The van der Waals surface area contributed by atoms with Crippen LogP contribution < -0.4 is 10.2 Å². The summed E-state index contributed by atoms with van der Waals surface area (Å²) in [4.78, 5) is 18.4. The molecule has 0 radical (unpaired) electrons. The summed E-state index contributed by atoms with van der Waals surface area (Å²) in [5.41, 5.74) is 0.876. The van der Waals surface area contributed by atoms with Gasteiger partial charge in [-0.25, -0.2) is 13.8 Å². The largest absolute Gasteiger partial charge is 0.355 e. The first-order valence-corrected chi connectivity index (χ1v) is 8.01. The van der Waals surface area contributed by atoms with Gasteiger partial charge in [0.15, 0.2) is 0 Å². The standard InChI is InChI=1S/C20H17F2N3O/c1-25(13-14-6-3-2-4-7-14)18-11-10-15(12-23-18)20(26)24-19-16(21)8-5-9-17(19)22/h2-12H,13H2,1H3,(H,24,26). The number of hydrogen-bond acceptors (Lipinski definition) is 3. The van der Waals surface area contributed by atoms with E-state index in [-0.39, 0.29) is 5.56 Å². The number of anilines is 2. The van der Waals surface area contributed by atoms with Crippen LogP contribution in [-0.4, -0.2) is 17.9 Å². The number of carbonyl (C=O) groups excluding carboxylic acids is 1. The highest BCUT2D eigenvalue weighted by molar-refractivity contribution is 6.04. The van der Waals surface area contributed by atoms with E-state index in [2.05, 4.69) is 10.3 Å². The molecule has 0 atom stereocenters. The molecule has 4 nitrogen and oxygen atoms in total. The molecule has 132 valence electrons. The van der Waals surface area contributed by atoms with E-state index >= 15 is 0 Å². The van der Waals surface area contributed by atoms with E-state index < -0.39 is 23.2 Å². The maximum atomic E-state index is 13.6. The highest BCUT2D eigenvalue weighted by Gasteiger charge is 2.14. The lowest BCUT2D eigenvalue weighted by Gasteiger charge is -2.18. The van der Waals surface area contributed by atoms with Crippen LogP contribution in [0.4, 0.5) is 20.3 Å². The molecule has 3 rings (SSSR count). The normalized spacial score (nSPS) is 10.4. The van der Waals surface area contributed by atoms with Crippen molar-refractivity contribution in [2.75, 3.05) is 17.3 Å². The summed E-state index contributed by atoms with van der Waals surface area (Å²) in [7, 11) is 1.89. The topological polar surface area (TPSA) is 45.2 Å². The van der Waals surface area contributed by atoms with Crippen molar-refractivity contribution < 1.29 is 13.6 Å². The van der Waals surface area contributed by atoms with Crippen LogP contribution >= 0.6 is 0 Å². The second kappa shape index (κ2) is 7.74. The summed E-state index contributed by atoms with van der Waals surface area (Å²) in [6, 6.07) is 16.6. The van der Waals surface area contributed by atoms with Crippen molar-refractivity contribution in [2.45, 2.75) is 6.54 Å². The van der Waals surface area contributed by atoms with E-state index in [1.165, 1.54) is 12.3 Å². The maximum absolute atomic E-state index is 13.6. The molecule has 1 aromatic heterocycles. The molecule has 0 spiro atoms. The Bertz CT molecular complexity index is 878. The fraction of sp³-hybridized carbons (Fsp3) is 0.100. The number of hydrogen-bond donors (Lipinski definition) is 1. The van der Waals surface area contributed by atoms with Gasteiger partial charge in [-0.05, 0) is 29.8 Å². The molecule has 0 unspecified atom stereocenters. The smallest absolute Gasteiger partial charge is 0.257 e. The number of nitrogens with zero attached hydrogens (tertiary/aromatic N) is 2. The Morgan fingerprint density at radius 1 is 1.00 bits per heavy atom. The number of carbonyl (C=O) groups is 1. The predicted molar refractivity (Wildman–Crippen MR) is 97.1 cm³/mol. The van der Waals surface area contributed by atoms with Crippen molar-refractivity contribution in [1.29, 1.82) is 0 Å². The summed E-state index contributed by atoms with van der Waals surface area (Å²) in [6.45, 7) is 0.666. The van der Waals surface area contributed by atoms with Crippen LogP contribution in [0.1, 0.15) is 15.9 Å². The van der Waals surface area contributed by atoms with Crippen LogP contribution in [0.3, 0.4) is 0 Å². The summed E-state index contributed by atoms with van der Waals surface area (Å²) in [6.07, 6.45) is 1.38. The molecule has 0 aliphatic carbocycles. The number of nitrogens with one attached hydrogen (secondary N) is 1. The Kier molecular flexibility index (Phi) is 5.22. The highest BCUT2D eigenvalue weighted by atomic mass is 19.1. The lowest BCUT2D eigenvalue weighted by Crippen LogP contribution is -2.19. The van der Waals surface area contributed by atoms with Crippen LogP contribution in [0.15, 0.2) is 66.9 Å². The van der Waals surface area contributed by atoms with Gasteiger partial charge in [-0.2, -0.15) is 0 Å². The van der Waals surface area contributed by atoms with Crippen molar-refractivity contribution in [2.24, 2.45) is 0 Å². The van der Waals surface area contributed by atoms with Crippen LogP contribution in [-0.2, 0) is 6.54 Å². The lowest BCUT2D eigenvalue weighted by atomic mass is 10.2. The van der Waals surface area contributed by atoms with Crippen molar-refractivity contribution in [3.8, 4) is 0 Å². The molecule has 3 aromatic rings. The second-order valence-corrected chi connectivity index (χ2v) is 5.80. The third kappa shape index (κ3) is 4.03. The number of halogens is 2. The van der Waals surface area contributed by atoms with Gasteiger partial charge in [0, 0.05) is 19.8 Å². The average Bonchev–Trinajstić information content (AvgIpc) is 2.65. The third-order valence-corrected chi connectivity index (χ3v) is 3.87. The number of aromatic nitrogens is 1. The molecule has 0 fully saturated rings. The van der Waals surface area contributed by atoms with Crippen molar-refractivity contribution >= 4 is 17.4 Å².